The summed E-state index contributed by atoms with van der Waals surface area (Å²) in [6.45, 7) is 5.94. The van der Waals surface area contributed by atoms with Crippen molar-refractivity contribution in [3.05, 3.63) is 57.3 Å². The van der Waals surface area contributed by atoms with Crippen LogP contribution < -0.4 is 10.6 Å². The molecule has 0 saturated heterocycles. The molecular weight excluding hydrogens is 371 g/mol. The van der Waals surface area contributed by atoms with Crippen LogP contribution in [0.5, 0.6) is 0 Å². The summed E-state index contributed by atoms with van der Waals surface area (Å²) in [5.41, 5.74) is 3.31. The van der Waals surface area contributed by atoms with E-state index in [-0.39, 0.29) is 6.10 Å². The molecule has 2 rings (SSSR count). The summed E-state index contributed by atoms with van der Waals surface area (Å²) >= 11 is 12.1. The summed E-state index contributed by atoms with van der Waals surface area (Å²) in [5.74, 6) is 0.710. The molecule has 26 heavy (non-hydrogen) atoms. The average molecular weight is 397 g/mol. The molecule has 0 amide bonds. The van der Waals surface area contributed by atoms with E-state index in [0.717, 1.165) is 11.3 Å². The van der Waals surface area contributed by atoms with Gasteiger partial charge in [-0.1, -0.05) is 47.5 Å². The lowest BCUT2D eigenvalue weighted by Crippen LogP contribution is -2.36. The summed E-state index contributed by atoms with van der Waals surface area (Å²) in [5, 5.41) is 7.66. The number of guanidine groups is 1. The molecule has 1 aromatic heterocycles. The Balaban J connectivity index is 1.88. The Kier molecular flexibility index (Phi) is 7.82. The Bertz CT molecular complexity index is 756. The van der Waals surface area contributed by atoms with Gasteiger partial charge in [-0.3, -0.25) is 4.99 Å². The van der Waals surface area contributed by atoms with Gasteiger partial charge >= 0.3 is 0 Å². The van der Waals surface area contributed by atoms with Crippen molar-refractivity contribution in [2.45, 2.75) is 39.6 Å². The lowest BCUT2D eigenvalue weighted by atomic mass is 10.1. The number of aromatic nitrogens is 1. The zero-order chi connectivity index (χ0) is 19.1. The van der Waals surface area contributed by atoms with E-state index < -0.39 is 0 Å². The SMILES string of the molecule is CN=C(NCc1cccc(COC(C)C)c1)NCc1cc(Cl)c(Cl)n1C. The van der Waals surface area contributed by atoms with E-state index in [1.54, 1.807) is 7.05 Å². The van der Waals surface area contributed by atoms with Crippen molar-refractivity contribution in [3.63, 3.8) is 0 Å². The molecule has 0 saturated carbocycles. The largest absolute Gasteiger partial charge is 0.374 e. The molecule has 142 valence electrons. The second kappa shape index (κ2) is 9.86. The van der Waals surface area contributed by atoms with Gasteiger partial charge in [0.05, 0.1) is 24.3 Å². The summed E-state index contributed by atoms with van der Waals surface area (Å²) in [7, 11) is 3.62. The first-order chi connectivity index (χ1) is 12.4. The van der Waals surface area contributed by atoms with E-state index in [4.69, 9.17) is 27.9 Å². The minimum atomic E-state index is 0.222. The zero-order valence-electron chi connectivity index (χ0n) is 15.6. The summed E-state index contributed by atoms with van der Waals surface area (Å²) < 4.78 is 7.51. The number of rotatable bonds is 7. The van der Waals surface area contributed by atoms with Crippen LogP contribution in [0.2, 0.25) is 10.2 Å². The van der Waals surface area contributed by atoms with Gasteiger partial charge in [0.15, 0.2) is 5.96 Å². The van der Waals surface area contributed by atoms with Crippen molar-refractivity contribution >= 4 is 29.2 Å². The van der Waals surface area contributed by atoms with Crippen LogP contribution in [0.1, 0.15) is 30.7 Å². The third-order valence-electron chi connectivity index (χ3n) is 3.91. The first-order valence-corrected chi connectivity index (χ1v) is 9.29. The van der Waals surface area contributed by atoms with Crippen LogP contribution in [0, 0.1) is 0 Å². The Morgan fingerprint density at radius 3 is 2.46 bits per heavy atom. The van der Waals surface area contributed by atoms with Crippen molar-refractivity contribution in [2.75, 3.05) is 7.05 Å². The fourth-order valence-electron chi connectivity index (χ4n) is 2.43. The lowest BCUT2D eigenvalue weighted by Gasteiger charge is -2.13. The summed E-state index contributed by atoms with van der Waals surface area (Å²) in [6, 6.07) is 10.2. The third-order valence-corrected chi connectivity index (χ3v) is 4.75. The van der Waals surface area contributed by atoms with Crippen molar-refractivity contribution in [3.8, 4) is 0 Å². The highest BCUT2D eigenvalue weighted by Crippen LogP contribution is 2.24. The molecule has 0 aliphatic carbocycles. The molecule has 0 atom stereocenters. The number of halogens is 2. The number of hydrogen-bond donors (Lipinski definition) is 2. The molecular formula is C19H26Cl2N4O. The van der Waals surface area contributed by atoms with Crippen molar-refractivity contribution in [1.29, 1.82) is 0 Å². The van der Waals surface area contributed by atoms with E-state index >= 15 is 0 Å². The topological polar surface area (TPSA) is 50.6 Å². The molecule has 0 bridgehead atoms. The van der Waals surface area contributed by atoms with Crippen LogP contribution in [-0.4, -0.2) is 23.7 Å². The predicted octanol–water partition coefficient (Wildman–Crippen LogP) is 4.12. The molecule has 0 unspecified atom stereocenters. The molecule has 5 nitrogen and oxygen atoms in total. The highest BCUT2D eigenvalue weighted by Gasteiger charge is 2.09. The van der Waals surface area contributed by atoms with Crippen LogP contribution in [0.4, 0.5) is 0 Å². The van der Waals surface area contributed by atoms with Gasteiger partial charge in [0.2, 0.25) is 0 Å². The van der Waals surface area contributed by atoms with Crippen LogP contribution in [-0.2, 0) is 31.5 Å². The summed E-state index contributed by atoms with van der Waals surface area (Å²) in [6.07, 6.45) is 0.222. The Morgan fingerprint density at radius 2 is 1.85 bits per heavy atom. The number of ether oxygens (including phenoxy) is 1. The summed E-state index contributed by atoms with van der Waals surface area (Å²) in [4.78, 5) is 4.25. The first kappa shape index (κ1) is 20.6. The standard InChI is InChI=1S/C19H26Cl2N4O/c1-13(2)26-12-15-7-5-6-14(8-15)10-23-19(22-3)24-11-16-9-17(20)18(21)25(16)4/h5-9,13H,10-12H2,1-4H3,(H2,22,23,24). The molecule has 0 aliphatic heterocycles. The molecule has 0 aliphatic rings. The van der Waals surface area contributed by atoms with Gasteiger partial charge in [0, 0.05) is 26.3 Å². The van der Waals surface area contributed by atoms with Gasteiger partial charge in [0.25, 0.3) is 0 Å². The van der Waals surface area contributed by atoms with Crippen molar-refractivity contribution in [2.24, 2.45) is 12.0 Å². The molecule has 2 aromatic rings. The van der Waals surface area contributed by atoms with Crippen LogP contribution in [0.3, 0.4) is 0 Å². The van der Waals surface area contributed by atoms with Gasteiger partial charge in [-0.25, -0.2) is 0 Å². The van der Waals surface area contributed by atoms with E-state index in [2.05, 4.69) is 33.8 Å². The Labute approximate surface area is 165 Å². The first-order valence-electron chi connectivity index (χ1n) is 8.54. The van der Waals surface area contributed by atoms with Gasteiger partial charge in [-0.15, -0.1) is 0 Å². The Hall–Kier alpha value is -1.69. The van der Waals surface area contributed by atoms with Gasteiger partial charge in [-0.05, 0) is 31.0 Å². The van der Waals surface area contributed by atoms with E-state index in [0.29, 0.717) is 35.8 Å². The number of hydrogen-bond acceptors (Lipinski definition) is 2. The van der Waals surface area contributed by atoms with Crippen LogP contribution in [0.15, 0.2) is 35.3 Å². The number of aliphatic imine (C=N–C) groups is 1. The molecule has 0 spiro atoms. The molecule has 7 heteroatoms. The predicted molar refractivity (Wildman–Crippen MR) is 109 cm³/mol. The fourth-order valence-corrected chi connectivity index (χ4v) is 2.85. The minimum absolute atomic E-state index is 0.222. The highest BCUT2D eigenvalue weighted by atomic mass is 35.5. The van der Waals surface area contributed by atoms with Crippen LogP contribution in [0.25, 0.3) is 0 Å². The number of benzene rings is 1. The van der Waals surface area contributed by atoms with Gasteiger partial charge < -0.3 is 19.9 Å². The highest BCUT2D eigenvalue weighted by molar-refractivity contribution is 6.41. The third kappa shape index (κ3) is 5.94. The quantitative estimate of drug-likeness (QED) is 0.546. The molecule has 2 N–H and O–H groups in total. The monoisotopic (exact) mass is 396 g/mol. The maximum Gasteiger partial charge on any atom is 0.191 e. The number of nitrogens with zero attached hydrogens (tertiary/aromatic N) is 2. The van der Waals surface area contributed by atoms with E-state index in [1.165, 1.54) is 5.56 Å². The second-order valence-electron chi connectivity index (χ2n) is 6.29. The maximum absolute atomic E-state index is 6.10. The number of nitrogens with one attached hydrogen (secondary N) is 2. The van der Waals surface area contributed by atoms with Crippen molar-refractivity contribution in [1.82, 2.24) is 15.2 Å². The minimum Gasteiger partial charge on any atom is -0.374 e. The van der Waals surface area contributed by atoms with Crippen molar-refractivity contribution < 1.29 is 4.74 Å². The fraction of sp³-hybridized carbons (Fsp3) is 0.421. The molecule has 1 heterocycles. The molecule has 1 aromatic carbocycles. The average Bonchev–Trinajstić information content (AvgIpc) is 2.87. The smallest absolute Gasteiger partial charge is 0.191 e. The van der Waals surface area contributed by atoms with E-state index in [1.807, 2.05) is 37.6 Å². The Morgan fingerprint density at radius 1 is 1.15 bits per heavy atom. The van der Waals surface area contributed by atoms with Gasteiger partial charge in [0.1, 0.15) is 5.15 Å². The zero-order valence-corrected chi connectivity index (χ0v) is 17.2. The second-order valence-corrected chi connectivity index (χ2v) is 7.06. The normalized spacial score (nSPS) is 11.9. The molecule has 0 fully saturated rings. The lowest BCUT2D eigenvalue weighted by molar-refractivity contribution is 0.0657. The molecule has 0 radical (unpaired) electrons. The van der Waals surface area contributed by atoms with E-state index in [9.17, 15) is 0 Å². The van der Waals surface area contributed by atoms with Gasteiger partial charge in [-0.2, -0.15) is 0 Å². The maximum atomic E-state index is 6.10. The van der Waals surface area contributed by atoms with Crippen LogP contribution >= 0.6 is 23.2 Å².